The van der Waals surface area contributed by atoms with Crippen LogP contribution >= 0.6 is 0 Å². The highest BCUT2D eigenvalue weighted by atomic mass is 16.5. The molecule has 1 aromatic rings. The minimum atomic E-state index is 0.404. The molecule has 1 aliphatic rings. The van der Waals surface area contributed by atoms with Crippen LogP contribution < -0.4 is 10.5 Å². The zero-order chi connectivity index (χ0) is 10.0. The highest BCUT2D eigenvalue weighted by Crippen LogP contribution is 2.50. The molecule has 14 heavy (non-hydrogen) atoms. The van der Waals surface area contributed by atoms with Crippen LogP contribution in [0.1, 0.15) is 24.8 Å². The van der Waals surface area contributed by atoms with Crippen LogP contribution in [0.25, 0.3) is 0 Å². The van der Waals surface area contributed by atoms with Crippen LogP contribution in [-0.2, 0) is 5.41 Å². The summed E-state index contributed by atoms with van der Waals surface area (Å²) in [6.45, 7) is 0.784. The second-order valence-electron chi connectivity index (χ2n) is 4.05. The molecule has 0 unspecified atom stereocenters. The highest BCUT2D eigenvalue weighted by molar-refractivity contribution is 5.35. The van der Waals surface area contributed by atoms with E-state index in [4.69, 9.17) is 10.5 Å². The number of rotatable bonds is 4. The van der Waals surface area contributed by atoms with Crippen molar-refractivity contribution in [3.8, 4) is 5.75 Å². The molecule has 0 atom stereocenters. The first-order valence-electron chi connectivity index (χ1n) is 5.15. The Morgan fingerprint density at radius 3 is 2.36 bits per heavy atom. The SMILES string of the molecule is COc1ccc(C2(CCN)CC2)cc1. The van der Waals surface area contributed by atoms with E-state index in [1.165, 1.54) is 18.4 Å². The number of hydrogen-bond acceptors (Lipinski definition) is 2. The third kappa shape index (κ3) is 1.62. The second kappa shape index (κ2) is 3.62. The number of benzene rings is 1. The maximum atomic E-state index is 5.62. The van der Waals surface area contributed by atoms with E-state index >= 15 is 0 Å². The number of methoxy groups -OCH3 is 1. The predicted octanol–water partition coefficient (Wildman–Crippen LogP) is 2.08. The molecule has 0 saturated heterocycles. The molecule has 0 radical (unpaired) electrons. The van der Waals surface area contributed by atoms with E-state index < -0.39 is 0 Å². The van der Waals surface area contributed by atoms with E-state index in [-0.39, 0.29) is 0 Å². The quantitative estimate of drug-likeness (QED) is 0.790. The molecule has 2 heteroatoms. The van der Waals surface area contributed by atoms with Gasteiger partial charge in [-0.1, -0.05) is 12.1 Å². The monoisotopic (exact) mass is 191 g/mol. The van der Waals surface area contributed by atoms with E-state index in [1.54, 1.807) is 7.11 Å². The average molecular weight is 191 g/mol. The van der Waals surface area contributed by atoms with Gasteiger partial charge in [-0.25, -0.2) is 0 Å². The molecule has 2 nitrogen and oxygen atoms in total. The van der Waals surface area contributed by atoms with Crippen LogP contribution in [0.15, 0.2) is 24.3 Å². The Kier molecular flexibility index (Phi) is 2.46. The fourth-order valence-electron chi connectivity index (χ4n) is 2.05. The van der Waals surface area contributed by atoms with Crippen molar-refractivity contribution in [2.24, 2.45) is 5.73 Å². The molecular weight excluding hydrogens is 174 g/mol. The first kappa shape index (κ1) is 9.53. The zero-order valence-electron chi connectivity index (χ0n) is 8.62. The normalized spacial score (nSPS) is 17.9. The summed E-state index contributed by atoms with van der Waals surface area (Å²) < 4.78 is 5.14. The summed E-state index contributed by atoms with van der Waals surface area (Å²) in [6, 6.07) is 8.40. The summed E-state index contributed by atoms with van der Waals surface area (Å²) >= 11 is 0. The van der Waals surface area contributed by atoms with E-state index in [2.05, 4.69) is 12.1 Å². The fourth-order valence-corrected chi connectivity index (χ4v) is 2.05. The van der Waals surface area contributed by atoms with Crippen molar-refractivity contribution < 1.29 is 4.74 Å². The van der Waals surface area contributed by atoms with Crippen LogP contribution in [0.3, 0.4) is 0 Å². The van der Waals surface area contributed by atoms with Crippen LogP contribution in [0.2, 0.25) is 0 Å². The van der Waals surface area contributed by atoms with Crippen LogP contribution in [0, 0.1) is 0 Å². The van der Waals surface area contributed by atoms with Crippen molar-refractivity contribution in [3.05, 3.63) is 29.8 Å². The molecule has 0 amide bonds. The lowest BCUT2D eigenvalue weighted by Gasteiger charge is -2.14. The van der Waals surface area contributed by atoms with Crippen molar-refractivity contribution in [3.63, 3.8) is 0 Å². The first-order valence-corrected chi connectivity index (χ1v) is 5.15. The maximum absolute atomic E-state index is 5.62. The van der Waals surface area contributed by atoms with Gasteiger partial charge in [0, 0.05) is 0 Å². The molecule has 0 bridgehead atoms. The Bertz CT molecular complexity index is 301. The van der Waals surface area contributed by atoms with Gasteiger partial charge in [-0.05, 0) is 48.9 Å². The largest absolute Gasteiger partial charge is 0.497 e. The van der Waals surface area contributed by atoms with E-state index in [0.717, 1.165) is 18.7 Å². The van der Waals surface area contributed by atoms with Gasteiger partial charge in [0.2, 0.25) is 0 Å². The lowest BCUT2D eigenvalue weighted by Crippen LogP contribution is -2.13. The van der Waals surface area contributed by atoms with Gasteiger partial charge in [0.1, 0.15) is 5.75 Å². The fraction of sp³-hybridized carbons (Fsp3) is 0.500. The smallest absolute Gasteiger partial charge is 0.118 e. The van der Waals surface area contributed by atoms with E-state index in [0.29, 0.717) is 5.41 Å². The molecule has 0 aliphatic heterocycles. The van der Waals surface area contributed by atoms with Crippen molar-refractivity contribution in [2.75, 3.05) is 13.7 Å². The van der Waals surface area contributed by atoms with E-state index in [1.807, 2.05) is 12.1 Å². The third-order valence-corrected chi connectivity index (χ3v) is 3.18. The van der Waals surface area contributed by atoms with Crippen molar-refractivity contribution in [1.29, 1.82) is 0 Å². The molecule has 2 N–H and O–H groups in total. The standard InChI is InChI=1S/C12H17NO/c1-14-11-4-2-10(3-5-11)12(6-7-12)8-9-13/h2-5H,6-9,13H2,1H3. The van der Waals surface area contributed by atoms with Crippen molar-refractivity contribution in [1.82, 2.24) is 0 Å². The Labute approximate surface area is 85.1 Å². The van der Waals surface area contributed by atoms with Gasteiger partial charge in [-0.2, -0.15) is 0 Å². The van der Waals surface area contributed by atoms with Gasteiger partial charge in [0.15, 0.2) is 0 Å². The van der Waals surface area contributed by atoms with Crippen LogP contribution in [-0.4, -0.2) is 13.7 Å². The molecular formula is C12H17NO. The lowest BCUT2D eigenvalue weighted by molar-refractivity contribution is 0.414. The predicted molar refractivity (Wildman–Crippen MR) is 57.6 cm³/mol. The summed E-state index contributed by atoms with van der Waals surface area (Å²) in [7, 11) is 1.70. The molecule has 1 saturated carbocycles. The van der Waals surface area contributed by atoms with Gasteiger partial charge in [0.25, 0.3) is 0 Å². The number of hydrogen-bond donors (Lipinski definition) is 1. The molecule has 0 spiro atoms. The molecule has 0 aromatic heterocycles. The molecule has 76 valence electrons. The Morgan fingerprint density at radius 2 is 1.93 bits per heavy atom. The van der Waals surface area contributed by atoms with E-state index in [9.17, 15) is 0 Å². The molecule has 2 rings (SSSR count). The molecule has 1 fully saturated rings. The summed E-state index contributed by atoms with van der Waals surface area (Å²) in [5.41, 5.74) is 7.45. The van der Waals surface area contributed by atoms with Crippen molar-refractivity contribution >= 4 is 0 Å². The minimum absolute atomic E-state index is 0.404. The molecule has 1 aromatic carbocycles. The van der Waals surface area contributed by atoms with Crippen LogP contribution in [0.4, 0.5) is 0 Å². The molecule has 1 aliphatic carbocycles. The van der Waals surface area contributed by atoms with Crippen molar-refractivity contribution in [2.45, 2.75) is 24.7 Å². The Morgan fingerprint density at radius 1 is 1.29 bits per heavy atom. The topological polar surface area (TPSA) is 35.2 Å². The summed E-state index contributed by atoms with van der Waals surface area (Å²) in [4.78, 5) is 0. The second-order valence-corrected chi connectivity index (χ2v) is 4.05. The maximum Gasteiger partial charge on any atom is 0.118 e. The number of nitrogens with two attached hydrogens (primary N) is 1. The third-order valence-electron chi connectivity index (χ3n) is 3.18. The zero-order valence-corrected chi connectivity index (χ0v) is 8.62. The molecule has 0 heterocycles. The Hall–Kier alpha value is -1.02. The first-order chi connectivity index (χ1) is 6.80. The average Bonchev–Trinajstić information content (AvgIpc) is 3.00. The minimum Gasteiger partial charge on any atom is -0.497 e. The van der Waals surface area contributed by atoms with Crippen LogP contribution in [0.5, 0.6) is 5.75 Å². The van der Waals surface area contributed by atoms with Gasteiger partial charge in [-0.15, -0.1) is 0 Å². The summed E-state index contributed by atoms with van der Waals surface area (Å²) in [5, 5.41) is 0. The summed E-state index contributed by atoms with van der Waals surface area (Å²) in [6.07, 6.45) is 3.69. The van der Waals surface area contributed by atoms with Gasteiger partial charge >= 0.3 is 0 Å². The lowest BCUT2D eigenvalue weighted by atomic mass is 9.92. The van der Waals surface area contributed by atoms with Gasteiger partial charge in [-0.3, -0.25) is 0 Å². The summed E-state index contributed by atoms with van der Waals surface area (Å²) in [5.74, 6) is 0.928. The van der Waals surface area contributed by atoms with Gasteiger partial charge in [0.05, 0.1) is 7.11 Å². The number of ether oxygens (including phenoxy) is 1. The highest BCUT2D eigenvalue weighted by Gasteiger charge is 2.42. The van der Waals surface area contributed by atoms with Gasteiger partial charge < -0.3 is 10.5 Å². The Balaban J connectivity index is 2.16.